The Morgan fingerprint density at radius 1 is 1.47 bits per heavy atom. The zero-order valence-corrected chi connectivity index (χ0v) is 11.1. The van der Waals surface area contributed by atoms with E-state index >= 15 is 0 Å². The van der Waals surface area contributed by atoms with E-state index in [2.05, 4.69) is 16.3 Å². The van der Waals surface area contributed by atoms with Crippen LogP contribution in [0.3, 0.4) is 0 Å². The Hall–Kier alpha value is -0.940. The molecule has 0 amide bonds. The summed E-state index contributed by atoms with van der Waals surface area (Å²) >= 11 is 1.87. The number of unbranched alkanes of at least 4 members (excludes halogenated alkanes) is 1. The van der Waals surface area contributed by atoms with Crippen molar-refractivity contribution in [2.75, 3.05) is 25.7 Å². The lowest BCUT2D eigenvalue weighted by Crippen LogP contribution is -2.14. The Morgan fingerprint density at radius 3 is 3.00 bits per heavy atom. The van der Waals surface area contributed by atoms with E-state index in [1.807, 2.05) is 11.8 Å². The zero-order chi connectivity index (χ0) is 12.5. The van der Waals surface area contributed by atoms with E-state index in [9.17, 15) is 4.79 Å². The van der Waals surface area contributed by atoms with Crippen LogP contribution in [-0.2, 0) is 11.3 Å². The van der Waals surface area contributed by atoms with Crippen molar-refractivity contribution in [3.05, 3.63) is 23.7 Å². The molecule has 1 heterocycles. The van der Waals surface area contributed by atoms with Crippen molar-refractivity contribution in [2.24, 2.45) is 0 Å². The molecule has 0 atom stereocenters. The minimum atomic E-state index is -0.434. The fourth-order valence-electron chi connectivity index (χ4n) is 1.39. The first-order chi connectivity index (χ1) is 8.27. The number of esters is 1. The fraction of sp³-hybridized carbons (Fsp3) is 0.583. The Labute approximate surface area is 106 Å². The number of ether oxygens (including phenoxy) is 1. The SMILES string of the molecule is COC(=O)c1ccc(CNCCCCSC)o1. The number of nitrogens with one attached hydrogen (secondary N) is 1. The summed E-state index contributed by atoms with van der Waals surface area (Å²) in [5.41, 5.74) is 0. The number of thioether (sulfide) groups is 1. The van der Waals surface area contributed by atoms with E-state index in [0.29, 0.717) is 6.54 Å². The normalized spacial score (nSPS) is 10.5. The van der Waals surface area contributed by atoms with Crippen molar-refractivity contribution < 1.29 is 13.9 Å². The highest BCUT2D eigenvalue weighted by Gasteiger charge is 2.10. The first-order valence-electron chi connectivity index (χ1n) is 5.64. The smallest absolute Gasteiger partial charge is 0.373 e. The van der Waals surface area contributed by atoms with Gasteiger partial charge in [-0.15, -0.1) is 0 Å². The van der Waals surface area contributed by atoms with E-state index in [4.69, 9.17) is 4.42 Å². The maximum Gasteiger partial charge on any atom is 0.373 e. The van der Waals surface area contributed by atoms with Gasteiger partial charge in [0.25, 0.3) is 0 Å². The van der Waals surface area contributed by atoms with Gasteiger partial charge >= 0.3 is 5.97 Å². The molecule has 0 aromatic carbocycles. The van der Waals surface area contributed by atoms with Gasteiger partial charge in [0.05, 0.1) is 13.7 Å². The zero-order valence-electron chi connectivity index (χ0n) is 10.3. The van der Waals surface area contributed by atoms with Crippen molar-refractivity contribution in [1.82, 2.24) is 5.32 Å². The van der Waals surface area contributed by atoms with Crippen LogP contribution in [0.1, 0.15) is 29.2 Å². The number of rotatable bonds is 8. The van der Waals surface area contributed by atoms with Gasteiger partial charge in [-0.25, -0.2) is 4.79 Å². The Balaban J connectivity index is 2.19. The fourth-order valence-corrected chi connectivity index (χ4v) is 1.88. The molecular weight excluding hydrogens is 238 g/mol. The lowest BCUT2D eigenvalue weighted by molar-refractivity contribution is 0.0563. The highest BCUT2D eigenvalue weighted by Crippen LogP contribution is 2.08. The predicted molar refractivity (Wildman–Crippen MR) is 69.4 cm³/mol. The molecule has 0 aliphatic rings. The van der Waals surface area contributed by atoms with E-state index in [-0.39, 0.29) is 5.76 Å². The topological polar surface area (TPSA) is 51.5 Å². The molecule has 0 radical (unpaired) electrons. The van der Waals surface area contributed by atoms with E-state index in [1.54, 1.807) is 12.1 Å². The number of hydrogen-bond donors (Lipinski definition) is 1. The molecular formula is C12H19NO3S. The van der Waals surface area contributed by atoms with E-state index < -0.39 is 5.97 Å². The summed E-state index contributed by atoms with van der Waals surface area (Å²) in [5.74, 6) is 1.78. The molecule has 96 valence electrons. The highest BCUT2D eigenvalue weighted by atomic mass is 32.2. The van der Waals surface area contributed by atoms with Crippen LogP contribution in [0.15, 0.2) is 16.5 Å². The summed E-state index contributed by atoms with van der Waals surface area (Å²) < 4.78 is 9.89. The Morgan fingerprint density at radius 2 is 2.29 bits per heavy atom. The lowest BCUT2D eigenvalue weighted by Gasteiger charge is -2.01. The number of hydrogen-bond acceptors (Lipinski definition) is 5. The second kappa shape index (κ2) is 8.20. The summed E-state index contributed by atoms with van der Waals surface area (Å²) in [7, 11) is 1.34. The van der Waals surface area contributed by atoms with Crippen LogP contribution < -0.4 is 5.32 Å². The average molecular weight is 257 g/mol. The van der Waals surface area contributed by atoms with Gasteiger partial charge in [-0.05, 0) is 43.5 Å². The third kappa shape index (κ3) is 5.28. The van der Waals surface area contributed by atoms with Crippen molar-refractivity contribution in [3.63, 3.8) is 0 Å². The molecule has 1 aromatic rings. The van der Waals surface area contributed by atoms with Crippen LogP contribution in [0.4, 0.5) is 0 Å². The van der Waals surface area contributed by atoms with Crippen LogP contribution in [0, 0.1) is 0 Å². The van der Waals surface area contributed by atoms with Gasteiger partial charge in [0.15, 0.2) is 0 Å². The van der Waals surface area contributed by atoms with Crippen LogP contribution in [0.5, 0.6) is 0 Å². The van der Waals surface area contributed by atoms with E-state index in [0.717, 1.165) is 18.7 Å². The molecule has 0 bridgehead atoms. The van der Waals surface area contributed by atoms with Crippen molar-refractivity contribution in [1.29, 1.82) is 0 Å². The molecule has 1 N–H and O–H groups in total. The van der Waals surface area contributed by atoms with Crippen molar-refractivity contribution in [2.45, 2.75) is 19.4 Å². The Kier molecular flexibility index (Phi) is 6.81. The number of carbonyl (C=O) groups excluding carboxylic acids is 1. The predicted octanol–water partition coefficient (Wildman–Crippen LogP) is 2.30. The molecule has 0 saturated carbocycles. The summed E-state index contributed by atoms with van der Waals surface area (Å²) in [5, 5.41) is 3.28. The van der Waals surface area contributed by atoms with E-state index in [1.165, 1.54) is 19.3 Å². The molecule has 1 aromatic heterocycles. The standard InChI is InChI=1S/C12H19NO3S/c1-15-12(14)11-6-5-10(16-11)9-13-7-3-4-8-17-2/h5-6,13H,3-4,7-9H2,1-2H3. The van der Waals surface area contributed by atoms with Gasteiger partial charge < -0.3 is 14.5 Å². The Bertz CT molecular complexity index is 338. The largest absolute Gasteiger partial charge is 0.463 e. The summed E-state index contributed by atoms with van der Waals surface area (Å²) in [6, 6.07) is 3.43. The highest BCUT2D eigenvalue weighted by molar-refractivity contribution is 7.98. The molecule has 17 heavy (non-hydrogen) atoms. The van der Waals surface area contributed by atoms with Gasteiger partial charge in [-0.3, -0.25) is 0 Å². The maximum atomic E-state index is 11.1. The maximum absolute atomic E-state index is 11.1. The third-order valence-corrected chi connectivity index (χ3v) is 3.00. The summed E-state index contributed by atoms with van der Waals surface area (Å²) in [6.07, 6.45) is 4.50. The minimum Gasteiger partial charge on any atom is -0.463 e. The van der Waals surface area contributed by atoms with Crippen LogP contribution in [-0.4, -0.2) is 31.6 Å². The molecule has 4 nitrogen and oxygen atoms in total. The van der Waals surface area contributed by atoms with Gasteiger partial charge in [-0.2, -0.15) is 11.8 Å². The molecule has 0 saturated heterocycles. The second-order valence-electron chi connectivity index (χ2n) is 3.63. The first-order valence-corrected chi connectivity index (χ1v) is 7.04. The van der Waals surface area contributed by atoms with Crippen molar-refractivity contribution in [3.8, 4) is 0 Å². The van der Waals surface area contributed by atoms with Gasteiger partial charge in [0, 0.05) is 0 Å². The monoisotopic (exact) mass is 257 g/mol. The van der Waals surface area contributed by atoms with Gasteiger partial charge in [-0.1, -0.05) is 0 Å². The van der Waals surface area contributed by atoms with Gasteiger partial charge in [0.1, 0.15) is 5.76 Å². The number of methoxy groups -OCH3 is 1. The van der Waals surface area contributed by atoms with Crippen LogP contribution in [0.25, 0.3) is 0 Å². The molecule has 0 unspecified atom stereocenters. The third-order valence-electron chi connectivity index (χ3n) is 2.30. The lowest BCUT2D eigenvalue weighted by atomic mass is 10.3. The molecule has 0 fully saturated rings. The molecule has 0 aliphatic heterocycles. The molecule has 0 spiro atoms. The minimum absolute atomic E-state index is 0.256. The molecule has 5 heteroatoms. The average Bonchev–Trinajstić information content (AvgIpc) is 2.81. The van der Waals surface area contributed by atoms with Crippen LogP contribution >= 0.6 is 11.8 Å². The quantitative estimate of drug-likeness (QED) is 0.572. The molecule has 1 rings (SSSR count). The number of furan rings is 1. The number of carbonyl (C=O) groups is 1. The summed E-state index contributed by atoms with van der Waals surface area (Å²) in [6.45, 7) is 1.62. The summed E-state index contributed by atoms with van der Waals surface area (Å²) in [4.78, 5) is 11.1. The second-order valence-corrected chi connectivity index (χ2v) is 4.62. The van der Waals surface area contributed by atoms with Crippen molar-refractivity contribution >= 4 is 17.7 Å². The first kappa shape index (κ1) is 14.1. The molecule has 0 aliphatic carbocycles. The van der Waals surface area contributed by atoms with Crippen LogP contribution in [0.2, 0.25) is 0 Å². The van der Waals surface area contributed by atoms with Gasteiger partial charge in [0.2, 0.25) is 5.76 Å².